The molecule has 0 radical (unpaired) electrons. The van der Waals surface area contributed by atoms with E-state index >= 15 is 0 Å². The van der Waals surface area contributed by atoms with Crippen molar-refractivity contribution in [1.82, 2.24) is 5.32 Å². The van der Waals surface area contributed by atoms with Gasteiger partial charge in [-0.15, -0.1) is 0 Å². The topological polar surface area (TPSA) is 189 Å². The number of nitrogens with one attached hydrogen (secondary N) is 1. The molecule has 0 aromatic rings. The van der Waals surface area contributed by atoms with E-state index in [1.54, 1.807) is 0 Å². The van der Waals surface area contributed by atoms with Gasteiger partial charge in [-0.2, -0.15) is 0 Å². The molecule has 11 heteroatoms. The van der Waals surface area contributed by atoms with Crippen molar-refractivity contribution in [2.45, 2.75) is 351 Å². The summed E-state index contributed by atoms with van der Waals surface area (Å²) in [5.41, 5.74) is 0. The summed E-state index contributed by atoms with van der Waals surface area (Å²) in [7, 11) is 0. The van der Waals surface area contributed by atoms with Gasteiger partial charge in [-0.3, -0.25) is 4.79 Å². The molecule has 0 aromatic carbocycles. The summed E-state index contributed by atoms with van der Waals surface area (Å²) in [5.74, 6) is -0.705. The van der Waals surface area contributed by atoms with E-state index in [9.17, 15) is 40.5 Å². The first-order chi connectivity index (χ1) is 35.7. The molecule has 1 fully saturated rings. The minimum atomic E-state index is -1.67. The lowest BCUT2D eigenvalue weighted by atomic mass is 9.98. The Morgan fingerprint density at radius 2 is 0.822 bits per heavy atom. The molecule has 8 N–H and O–H groups in total. The van der Waals surface area contributed by atoms with Crippen LogP contribution in [-0.4, -0.2) is 110 Å². The first kappa shape index (κ1) is 69.6. The third-order valence-electron chi connectivity index (χ3n) is 15.2. The van der Waals surface area contributed by atoms with Gasteiger partial charge in [-0.1, -0.05) is 269 Å². The van der Waals surface area contributed by atoms with Crippen LogP contribution < -0.4 is 5.32 Å². The molecule has 1 rings (SSSR count). The molecule has 0 saturated carbocycles. The van der Waals surface area contributed by atoms with Crippen LogP contribution in [0.25, 0.3) is 0 Å². The Labute approximate surface area is 448 Å². The van der Waals surface area contributed by atoms with Gasteiger partial charge >= 0.3 is 0 Å². The van der Waals surface area contributed by atoms with E-state index in [0.29, 0.717) is 19.3 Å². The van der Waals surface area contributed by atoms with E-state index in [1.165, 1.54) is 212 Å². The van der Waals surface area contributed by atoms with Crippen LogP contribution in [0, 0.1) is 0 Å². The average molecular weight is 1040 g/mol. The van der Waals surface area contributed by atoms with Crippen LogP contribution in [0.3, 0.4) is 0 Å². The molecule has 9 unspecified atom stereocenters. The van der Waals surface area contributed by atoms with Crippen LogP contribution in [0.1, 0.15) is 296 Å². The van der Waals surface area contributed by atoms with Gasteiger partial charge in [0.1, 0.15) is 36.6 Å². The highest BCUT2D eigenvalue weighted by atomic mass is 16.7. The molecule has 73 heavy (non-hydrogen) atoms. The normalized spacial score (nSPS) is 20.0. The zero-order valence-corrected chi connectivity index (χ0v) is 47.4. The van der Waals surface area contributed by atoms with E-state index in [-0.39, 0.29) is 12.8 Å². The fourth-order valence-electron chi connectivity index (χ4n) is 10.2. The summed E-state index contributed by atoms with van der Waals surface area (Å²) in [6, 6.07) is -1.19. The summed E-state index contributed by atoms with van der Waals surface area (Å²) in [4.78, 5) is 13.2. The lowest BCUT2D eigenvalue weighted by Crippen LogP contribution is -2.60. The van der Waals surface area contributed by atoms with Crippen LogP contribution in [0.4, 0.5) is 0 Å². The smallest absolute Gasteiger partial charge is 0.249 e. The number of hydrogen-bond donors (Lipinski definition) is 8. The SMILES string of the molecule is CCCCCCCCCCCCCCCCCC/C=C/CC/C=C/CCCC(O)C(O)C(COC1OC(CO)C(O)C(O)C1O)NC(=O)C(O)CCCCCCCCCCCCCCCCCCCCCCC. The van der Waals surface area contributed by atoms with Crippen LogP contribution in [0.5, 0.6) is 0 Å². The van der Waals surface area contributed by atoms with Crippen molar-refractivity contribution in [2.24, 2.45) is 0 Å². The number of carbonyl (C=O) groups excluding carboxylic acids is 1. The monoisotopic (exact) mass is 1040 g/mol. The van der Waals surface area contributed by atoms with Gasteiger partial charge in [0.05, 0.1) is 25.4 Å². The van der Waals surface area contributed by atoms with Crippen LogP contribution in [0.15, 0.2) is 24.3 Å². The van der Waals surface area contributed by atoms with Crippen molar-refractivity contribution in [1.29, 1.82) is 0 Å². The van der Waals surface area contributed by atoms with Crippen LogP contribution >= 0.6 is 0 Å². The number of allylic oxidation sites excluding steroid dienone is 4. The second kappa shape index (κ2) is 51.4. The summed E-state index contributed by atoms with van der Waals surface area (Å²) in [5, 5.41) is 76.2. The average Bonchev–Trinajstić information content (AvgIpc) is 3.39. The molecule has 1 amide bonds. The Hall–Kier alpha value is -1.41. The number of aliphatic hydroxyl groups is 7. The zero-order valence-electron chi connectivity index (χ0n) is 47.4. The van der Waals surface area contributed by atoms with Gasteiger partial charge in [-0.05, 0) is 51.4 Å². The predicted molar refractivity (Wildman–Crippen MR) is 302 cm³/mol. The number of ether oxygens (including phenoxy) is 2. The number of rotatable bonds is 54. The number of hydrogen-bond acceptors (Lipinski definition) is 10. The maximum absolute atomic E-state index is 13.2. The van der Waals surface area contributed by atoms with E-state index in [1.807, 2.05) is 0 Å². The number of unbranched alkanes of at least 4 members (excludes halogenated alkanes) is 38. The fourth-order valence-corrected chi connectivity index (χ4v) is 10.2. The molecular weight excluding hydrogens is 919 g/mol. The van der Waals surface area contributed by atoms with Gasteiger partial charge in [-0.25, -0.2) is 0 Å². The van der Waals surface area contributed by atoms with Crippen molar-refractivity contribution < 1.29 is 50.0 Å². The van der Waals surface area contributed by atoms with Crippen molar-refractivity contribution in [2.75, 3.05) is 13.2 Å². The number of carbonyl (C=O) groups is 1. The molecule has 1 saturated heterocycles. The maximum atomic E-state index is 13.2. The lowest BCUT2D eigenvalue weighted by molar-refractivity contribution is -0.303. The number of amides is 1. The van der Waals surface area contributed by atoms with Gasteiger partial charge < -0.3 is 50.5 Å². The molecule has 9 atom stereocenters. The van der Waals surface area contributed by atoms with E-state index in [0.717, 1.165) is 38.5 Å². The Bertz CT molecular complexity index is 1240. The van der Waals surface area contributed by atoms with Gasteiger partial charge in [0.2, 0.25) is 5.91 Å². The zero-order chi connectivity index (χ0) is 53.3. The highest BCUT2D eigenvalue weighted by Gasteiger charge is 2.44. The third kappa shape index (κ3) is 39.6. The first-order valence-corrected chi connectivity index (χ1v) is 31.2. The summed E-state index contributed by atoms with van der Waals surface area (Å²) >= 11 is 0. The molecule has 0 aromatic heterocycles. The molecule has 1 aliphatic rings. The van der Waals surface area contributed by atoms with E-state index in [2.05, 4.69) is 43.5 Å². The maximum Gasteiger partial charge on any atom is 0.249 e. The largest absolute Gasteiger partial charge is 0.394 e. The first-order valence-electron chi connectivity index (χ1n) is 31.2. The quantitative estimate of drug-likeness (QED) is 0.0215. The van der Waals surface area contributed by atoms with E-state index < -0.39 is 74.2 Å². The van der Waals surface area contributed by atoms with E-state index in [4.69, 9.17) is 9.47 Å². The Morgan fingerprint density at radius 3 is 1.22 bits per heavy atom. The minimum Gasteiger partial charge on any atom is -0.394 e. The molecule has 0 spiro atoms. The van der Waals surface area contributed by atoms with Crippen molar-refractivity contribution in [3.8, 4) is 0 Å². The van der Waals surface area contributed by atoms with Crippen molar-refractivity contribution in [3.05, 3.63) is 24.3 Å². The van der Waals surface area contributed by atoms with Crippen molar-refractivity contribution in [3.63, 3.8) is 0 Å². The summed E-state index contributed by atoms with van der Waals surface area (Å²) in [6.07, 6.45) is 51.0. The molecule has 11 nitrogen and oxygen atoms in total. The minimum absolute atomic E-state index is 0.249. The standard InChI is InChI=1S/C62H119NO10/c1-3-5-7-9-11-13-15-17-19-21-23-25-26-27-28-30-31-33-35-37-39-41-43-45-47-49-54(65)57(67)53(52-72-62-60(70)59(69)58(68)56(51-64)73-62)63-61(71)55(66)50-48-46-44-42-40-38-36-34-32-29-24-22-20-18-16-14-12-10-8-6-4-2/h33,35,41,43,53-60,62,64-70H,3-32,34,36-40,42,44-52H2,1-2H3,(H,63,71)/b35-33+,43-41+. The predicted octanol–water partition coefficient (Wildman–Crippen LogP) is 13.7. The molecule has 0 bridgehead atoms. The highest BCUT2D eigenvalue weighted by molar-refractivity contribution is 5.80. The van der Waals surface area contributed by atoms with Crippen molar-refractivity contribution >= 4 is 5.91 Å². The molecule has 432 valence electrons. The Balaban J connectivity index is 2.30. The fraction of sp³-hybridized carbons (Fsp3) is 0.919. The van der Waals surface area contributed by atoms with Gasteiger partial charge in [0, 0.05) is 0 Å². The molecule has 1 heterocycles. The molecular formula is C62H119NO10. The summed E-state index contributed by atoms with van der Waals surface area (Å²) < 4.78 is 11.1. The summed E-state index contributed by atoms with van der Waals surface area (Å²) in [6.45, 7) is 3.48. The molecule has 1 aliphatic heterocycles. The van der Waals surface area contributed by atoms with Crippen LogP contribution in [0.2, 0.25) is 0 Å². The Kier molecular flexibility index (Phi) is 49.0. The van der Waals surface area contributed by atoms with Crippen LogP contribution in [-0.2, 0) is 14.3 Å². The van der Waals surface area contributed by atoms with Gasteiger partial charge in [0.25, 0.3) is 0 Å². The second-order valence-electron chi connectivity index (χ2n) is 22.1. The third-order valence-corrected chi connectivity index (χ3v) is 15.2. The second-order valence-corrected chi connectivity index (χ2v) is 22.1. The molecule has 0 aliphatic carbocycles. The lowest BCUT2D eigenvalue weighted by Gasteiger charge is -2.40. The Morgan fingerprint density at radius 1 is 0.466 bits per heavy atom. The highest BCUT2D eigenvalue weighted by Crippen LogP contribution is 2.23. The number of aliphatic hydroxyl groups excluding tert-OH is 7. The van der Waals surface area contributed by atoms with Gasteiger partial charge in [0.15, 0.2) is 6.29 Å².